The standard InChI is InChI=1S/C14H19NO8/c1-8(16)7-9(21-13(20)22-14(2,3)4)12(19)23-15-10(17)5-6-11(15)18/h9H,5-7H2,1-4H3/t9-/m0/s1. The summed E-state index contributed by atoms with van der Waals surface area (Å²) in [7, 11) is 0. The van der Waals surface area contributed by atoms with Gasteiger partial charge >= 0.3 is 12.1 Å². The zero-order valence-corrected chi connectivity index (χ0v) is 13.4. The van der Waals surface area contributed by atoms with Crippen LogP contribution in [-0.2, 0) is 33.5 Å². The first-order valence-electron chi connectivity index (χ1n) is 6.96. The molecule has 0 aromatic rings. The fourth-order valence-electron chi connectivity index (χ4n) is 1.63. The van der Waals surface area contributed by atoms with Crippen molar-refractivity contribution >= 4 is 29.7 Å². The summed E-state index contributed by atoms with van der Waals surface area (Å²) < 4.78 is 9.66. The molecule has 0 radical (unpaired) electrons. The predicted octanol–water partition coefficient (Wildman–Crippen LogP) is 0.893. The van der Waals surface area contributed by atoms with Gasteiger partial charge in [0.1, 0.15) is 11.4 Å². The lowest BCUT2D eigenvalue weighted by Gasteiger charge is -2.22. The fraction of sp³-hybridized carbons (Fsp3) is 0.643. The van der Waals surface area contributed by atoms with E-state index in [1.54, 1.807) is 20.8 Å². The van der Waals surface area contributed by atoms with Gasteiger partial charge in [-0.25, -0.2) is 9.59 Å². The molecule has 1 heterocycles. The van der Waals surface area contributed by atoms with Crippen LogP contribution in [0.3, 0.4) is 0 Å². The lowest BCUT2D eigenvalue weighted by atomic mass is 10.2. The van der Waals surface area contributed by atoms with E-state index in [0.717, 1.165) is 0 Å². The monoisotopic (exact) mass is 329 g/mol. The number of rotatable bonds is 5. The molecule has 9 nitrogen and oxygen atoms in total. The lowest BCUT2D eigenvalue weighted by molar-refractivity contribution is -0.204. The molecule has 0 aromatic carbocycles. The van der Waals surface area contributed by atoms with Crippen molar-refractivity contribution in [1.29, 1.82) is 0 Å². The summed E-state index contributed by atoms with van der Waals surface area (Å²) in [4.78, 5) is 62.2. The zero-order chi connectivity index (χ0) is 17.8. The Morgan fingerprint density at radius 1 is 1.13 bits per heavy atom. The van der Waals surface area contributed by atoms with Crippen LogP contribution in [0.25, 0.3) is 0 Å². The smallest absolute Gasteiger partial charge is 0.429 e. The molecule has 1 aliphatic heterocycles. The van der Waals surface area contributed by atoms with Crippen molar-refractivity contribution in [1.82, 2.24) is 5.06 Å². The number of carbonyl (C=O) groups excluding carboxylic acids is 5. The van der Waals surface area contributed by atoms with Crippen molar-refractivity contribution in [2.45, 2.75) is 58.7 Å². The van der Waals surface area contributed by atoms with Crippen LogP contribution in [0.5, 0.6) is 0 Å². The number of hydrogen-bond acceptors (Lipinski definition) is 8. The van der Waals surface area contributed by atoms with E-state index in [-0.39, 0.29) is 12.8 Å². The molecule has 1 atom stereocenters. The molecule has 1 fully saturated rings. The van der Waals surface area contributed by atoms with Crippen molar-refractivity contribution in [3.8, 4) is 0 Å². The second kappa shape index (κ2) is 7.21. The van der Waals surface area contributed by atoms with Crippen molar-refractivity contribution in [2.75, 3.05) is 0 Å². The van der Waals surface area contributed by atoms with Crippen LogP contribution < -0.4 is 0 Å². The Morgan fingerprint density at radius 2 is 1.65 bits per heavy atom. The molecule has 1 aliphatic rings. The van der Waals surface area contributed by atoms with Crippen LogP contribution in [0.15, 0.2) is 0 Å². The van der Waals surface area contributed by atoms with Gasteiger partial charge in [-0.3, -0.25) is 14.4 Å². The maximum Gasteiger partial charge on any atom is 0.509 e. The van der Waals surface area contributed by atoms with E-state index in [4.69, 9.17) is 9.47 Å². The van der Waals surface area contributed by atoms with Gasteiger partial charge in [-0.05, 0) is 27.7 Å². The number of imide groups is 1. The fourth-order valence-corrected chi connectivity index (χ4v) is 1.63. The minimum Gasteiger partial charge on any atom is -0.429 e. The lowest BCUT2D eigenvalue weighted by Crippen LogP contribution is -2.39. The molecule has 128 valence electrons. The molecule has 0 aromatic heterocycles. The third kappa shape index (κ3) is 6.05. The van der Waals surface area contributed by atoms with Gasteiger partial charge in [-0.1, -0.05) is 0 Å². The third-order valence-corrected chi connectivity index (χ3v) is 2.55. The summed E-state index contributed by atoms with van der Waals surface area (Å²) in [6.45, 7) is 5.96. The molecular formula is C14H19NO8. The summed E-state index contributed by atoms with van der Waals surface area (Å²) in [6, 6.07) is 0. The summed E-state index contributed by atoms with van der Waals surface area (Å²) in [5.74, 6) is -3.01. The maximum atomic E-state index is 12.0. The number of Topliss-reactive ketones (excluding diaryl/α,β-unsaturated/α-hetero) is 1. The van der Waals surface area contributed by atoms with Crippen LogP contribution in [0.1, 0.15) is 47.0 Å². The first kappa shape index (κ1) is 18.6. The average Bonchev–Trinajstić information content (AvgIpc) is 2.66. The molecule has 9 heteroatoms. The molecule has 1 saturated heterocycles. The van der Waals surface area contributed by atoms with Crippen molar-refractivity contribution < 1.29 is 38.3 Å². The second-order valence-electron chi connectivity index (χ2n) is 5.97. The Bertz CT molecular complexity index is 517. The van der Waals surface area contributed by atoms with Gasteiger partial charge in [0.05, 0.1) is 6.42 Å². The van der Waals surface area contributed by atoms with E-state index >= 15 is 0 Å². The number of hydroxylamine groups is 2. The molecule has 0 aliphatic carbocycles. The molecule has 2 amide bonds. The van der Waals surface area contributed by atoms with E-state index in [0.29, 0.717) is 5.06 Å². The Labute approximate surface area is 132 Å². The highest BCUT2D eigenvalue weighted by molar-refractivity contribution is 6.02. The number of amides is 2. The summed E-state index contributed by atoms with van der Waals surface area (Å²) >= 11 is 0. The van der Waals surface area contributed by atoms with Gasteiger partial charge in [0.15, 0.2) is 0 Å². The quantitative estimate of drug-likeness (QED) is 0.539. The van der Waals surface area contributed by atoms with Crippen LogP contribution in [0.2, 0.25) is 0 Å². The predicted molar refractivity (Wildman–Crippen MR) is 73.6 cm³/mol. The van der Waals surface area contributed by atoms with Crippen LogP contribution in [0, 0.1) is 0 Å². The third-order valence-electron chi connectivity index (χ3n) is 2.55. The van der Waals surface area contributed by atoms with E-state index in [1.165, 1.54) is 6.92 Å². The molecule has 0 bridgehead atoms. The van der Waals surface area contributed by atoms with E-state index in [1.807, 2.05) is 0 Å². The topological polar surface area (TPSA) is 116 Å². The largest absolute Gasteiger partial charge is 0.509 e. The minimum absolute atomic E-state index is 0.0730. The summed E-state index contributed by atoms with van der Waals surface area (Å²) in [6.07, 6.45) is -3.38. The first-order chi connectivity index (χ1) is 10.5. The number of ether oxygens (including phenoxy) is 2. The van der Waals surface area contributed by atoms with Gasteiger partial charge in [0.25, 0.3) is 11.8 Å². The molecule has 23 heavy (non-hydrogen) atoms. The number of ketones is 1. The van der Waals surface area contributed by atoms with Crippen LogP contribution in [-0.4, -0.2) is 46.5 Å². The zero-order valence-electron chi connectivity index (χ0n) is 13.4. The average molecular weight is 329 g/mol. The molecule has 1 rings (SSSR count). The van der Waals surface area contributed by atoms with Crippen LogP contribution >= 0.6 is 0 Å². The van der Waals surface area contributed by atoms with Gasteiger partial charge in [-0.15, -0.1) is 5.06 Å². The Balaban J connectivity index is 2.74. The van der Waals surface area contributed by atoms with Gasteiger partial charge in [0.2, 0.25) is 6.10 Å². The van der Waals surface area contributed by atoms with Crippen molar-refractivity contribution in [3.63, 3.8) is 0 Å². The van der Waals surface area contributed by atoms with Crippen molar-refractivity contribution in [3.05, 3.63) is 0 Å². The van der Waals surface area contributed by atoms with Crippen molar-refractivity contribution in [2.24, 2.45) is 0 Å². The Morgan fingerprint density at radius 3 is 2.09 bits per heavy atom. The summed E-state index contributed by atoms with van der Waals surface area (Å²) in [5, 5.41) is 0.313. The second-order valence-corrected chi connectivity index (χ2v) is 5.97. The maximum absolute atomic E-state index is 12.0. The highest BCUT2D eigenvalue weighted by Gasteiger charge is 2.37. The number of hydrogen-bond donors (Lipinski definition) is 0. The van der Waals surface area contributed by atoms with E-state index in [2.05, 4.69) is 4.84 Å². The summed E-state index contributed by atoms with van der Waals surface area (Å²) in [5.41, 5.74) is -0.858. The first-order valence-corrected chi connectivity index (χ1v) is 6.96. The van der Waals surface area contributed by atoms with Gasteiger partial charge in [-0.2, -0.15) is 0 Å². The van der Waals surface area contributed by atoms with Crippen LogP contribution in [0.4, 0.5) is 4.79 Å². The normalized spacial score (nSPS) is 16.1. The highest BCUT2D eigenvalue weighted by Crippen LogP contribution is 2.16. The van der Waals surface area contributed by atoms with Gasteiger partial charge in [0, 0.05) is 12.8 Å². The SMILES string of the molecule is CC(=O)C[C@H](OC(=O)OC(C)(C)C)C(=O)ON1C(=O)CCC1=O. The highest BCUT2D eigenvalue weighted by atomic mass is 16.8. The molecular weight excluding hydrogens is 310 g/mol. The Hall–Kier alpha value is -2.45. The minimum atomic E-state index is -1.61. The number of carbonyl (C=O) groups is 5. The molecule has 0 unspecified atom stereocenters. The van der Waals surface area contributed by atoms with E-state index in [9.17, 15) is 24.0 Å². The van der Waals surface area contributed by atoms with E-state index < -0.39 is 47.8 Å². The number of nitrogens with zero attached hydrogens (tertiary/aromatic N) is 1. The Kier molecular flexibility index (Phi) is 5.83. The molecule has 0 N–H and O–H groups in total. The molecule has 0 spiro atoms. The molecule has 0 saturated carbocycles. The van der Waals surface area contributed by atoms with Gasteiger partial charge < -0.3 is 14.3 Å².